The van der Waals surface area contributed by atoms with Crippen LogP contribution in [0.3, 0.4) is 0 Å². The zero-order valence-corrected chi connectivity index (χ0v) is 11.3. The summed E-state index contributed by atoms with van der Waals surface area (Å²) >= 11 is 0. The van der Waals surface area contributed by atoms with Gasteiger partial charge in [0.05, 0.1) is 7.11 Å². The third-order valence-corrected chi connectivity index (χ3v) is 3.50. The Labute approximate surface area is 109 Å². The lowest BCUT2D eigenvalue weighted by atomic mass is 10.1. The topological polar surface area (TPSA) is 30.5 Å². The summed E-state index contributed by atoms with van der Waals surface area (Å²) in [5, 5.41) is 3.45. The largest absolute Gasteiger partial charge is 0.497 e. The number of hydrogen-bond donors (Lipinski definition) is 1. The predicted octanol–water partition coefficient (Wildman–Crippen LogP) is 2.71. The van der Waals surface area contributed by atoms with Gasteiger partial charge in [-0.2, -0.15) is 0 Å². The van der Waals surface area contributed by atoms with E-state index in [1.54, 1.807) is 7.11 Å². The molecule has 3 nitrogen and oxygen atoms in total. The quantitative estimate of drug-likeness (QED) is 0.719. The first-order valence-corrected chi connectivity index (χ1v) is 6.77. The van der Waals surface area contributed by atoms with Crippen LogP contribution in [0.2, 0.25) is 0 Å². The number of ether oxygens (including phenoxy) is 2. The minimum atomic E-state index is 0.712. The predicted molar refractivity (Wildman–Crippen MR) is 73.2 cm³/mol. The van der Waals surface area contributed by atoms with E-state index in [0.29, 0.717) is 6.61 Å². The molecule has 0 radical (unpaired) electrons. The standard InChI is InChI=1S/C15H23NO2/c1-12(13-3-4-13)11-16-9-10-18-15-7-5-14(17-2)6-8-15/h5-8,12-13,16H,3-4,9-11H2,1-2H3. The molecule has 0 aromatic heterocycles. The lowest BCUT2D eigenvalue weighted by Crippen LogP contribution is -2.26. The lowest BCUT2D eigenvalue weighted by Gasteiger charge is -2.12. The van der Waals surface area contributed by atoms with Crippen LogP contribution in [0, 0.1) is 11.8 Å². The second-order valence-electron chi connectivity index (χ2n) is 5.04. The fraction of sp³-hybridized carbons (Fsp3) is 0.600. The van der Waals surface area contributed by atoms with E-state index in [4.69, 9.17) is 9.47 Å². The molecule has 100 valence electrons. The van der Waals surface area contributed by atoms with Crippen LogP contribution in [0.1, 0.15) is 19.8 Å². The maximum atomic E-state index is 5.65. The zero-order valence-electron chi connectivity index (χ0n) is 11.3. The van der Waals surface area contributed by atoms with Crippen molar-refractivity contribution in [1.29, 1.82) is 0 Å². The first kappa shape index (κ1) is 13.2. The van der Waals surface area contributed by atoms with Crippen molar-refractivity contribution in [3.05, 3.63) is 24.3 Å². The van der Waals surface area contributed by atoms with Crippen molar-refractivity contribution in [2.45, 2.75) is 19.8 Å². The molecule has 1 atom stereocenters. The summed E-state index contributed by atoms with van der Waals surface area (Å²) in [6.45, 7) is 5.05. The van der Waals surface area contributed by atoms with Gasteiger partial charge in [0.25, 0.3) is 0 Å². The van der Waals surface area contributed by atoms with Crippen LogP contribution in [0.4, 0.5) is 0 Å². The minimum absolute atomic E-state index is 0.712. The van der Waals surface area contributed by atoms with E-state index in [1.165, 1.54) is 12.8 Å². The number of methoxy groups -OCH3 is 1. The van der Waals surface area contributed by atoms with Crippen LogP contribution in [0.25, 0.3) is 0 Å². The summed E-state index contributed by atoms with van der Waals surface area (Å²) in [5.41, 5.74) is 0. The Kier molecular flexibility index (Phi) is 4.88. The highest BCUT2D eigenvalue weighted by Crippen LogP contribution is 2.35. The summed E-state index contributed by atoms with van der Waals surface area (Å²) in [6.07, 6.45) is 2.84. The van der Waals surface area contributed by atoms with Gasteiger partial charge in [-0.1, -0.05) is 6.92 Å². The van der Waals surface area contributed by atoms with Crippen LogP contribution in [0.5, 0.6) is 11.5 Å². The van der Waals surface area contributed by atoms with Gasteiger partial charge < -0.3 is 14.8 Å². The van der Waals surface area contributed by atoms with E-state index >= 15 is 0 Å². The van der Waals surface area contributed by atoms with Crippen LogP contribution in [0.15, 0.2) is 24.3 Å². The Bertz CT molecular complexity index is 346. The Morgan fingerprint density at radius 3 is 2.50 bits per heavy atom. The first-order valence-electron chi connectivity index (χ1n) is 6.77. The molecule has 1 aromatic rings. The SMILES string of the molecule is COc1ccc(OCCNCC(C)C2CC2)cc1. The highest BCUT2D eigenvalue weighted by molar-refractivity contribution is 5.31. The smallest absolute Gasteiger partial charge is 0.119 e. The molecule has 0 saturated heterocycles. The van der Waals surface area contributed by atoms with Gasteiger partial charge in [0.1, 0.15) is 18.1 Å². The second-order valence-corrected chi connectivity index (χ2v) is 5.04. The Hall–Kier alpha value is -1.22. The first-order chi connectivity index (χ1) is 8.79. The van der Waals surface area contributed by atoms with Gasteiger partial charge >= 0.3 is 0 Å². The number of benzene rings is 1. The molecule has 1 aliphatic carbocycles. The van der Waals surface area contributed by atoms with Crippen molar-refractivity contribution in [1.82, 2.24) is 5.32 Å². The number of rotatable bonds is 8. The van der Waals surface area contributed by atoms with Crippen LogP contribution >= 0.6 is 0 Å². The van der Waals surface area contributed by atoms with Crippen molar-refractivity contribution in [2.75, 3.05) is 26.8 Å². The number of hydrogen-bond acceptors (Lipinski definition) is 3. The van der Waals surface area contributed by atoms with Gasteiger partial charge in [-0.25, -0.2) is 0 Å². The van der Waals surface area contributed by atoms with Crippen LogP contribution < -0.4 is 14.8 Å². The monoisotopic (exact) mass is 249 g/mol. The van der Waals surface area contributed by atoms with Gasteiger partial charge in [-0.3, -0.25) is 0 Å². The Morgan fingerprint density at radius 1 is 1.22 bits per heavy atom. The van der Waals surface area contributed by atoms with Gasteiger partial charge in [0.15, 0.2) is 0 Å². The van der Waals surface area contributed by atoms with Crippen LogP contribution in [-0.4, -0.2) is 26.8 Å². The fourth-order valence-electron chi connectivity index (χ4n) is 2.07. The normalized spacial score (nSPS) is 16.3. The van der Waals surface area contributed by atoms with E-state index in [1.807, 2.05) is 24.3 Å². The third-order valence-electron chi connectivity index (χ3n) is 3.50. The zero-order chi connectivity index (χ0) is 12.8. The number of nitrogens with one attached hydrogen (secondary N) is 1. The molecule has 1 aromatic carbocycles. The van der Waals surface area contributed by atoms with Gasteiger partial charge in [0, 0.05) is 6.54 Å². The van der Waals surface area contributed by atoms with E-state index in [-0.39, 0.29) is 0 Å². The van der Waals surface area contributed by atoms with Crippen molar-refractivity contribution in [3.8, 4) is 11.5 Å². The van der Waals surface area contributed by atoms with Gasteiger partial charge in [-0.15, -0.1) is 0 Å². The van der Waals surface area contributed by atoms with Gasteiger partial charge in [-0.05, 0) is 55.5 Å². The molecule has 0 heterocycles. The Morgan fingerprint density at radius 2 is 1.89 bits per heavy atom. The molecule has 1 saturated carbocycles. The molecular formula is C15H23NO2. The van der Waals surface area contributed by atoms with Gasteiger partial charge in [0.2, 0.25) is 0 Å². The molecule has 0 amide bonds. The fourth-order valence-corrected chi connectivity index (χ4v) is 2.07. The average Bonchev–Trinajstić information content (AvgIpc) is 3.23. The highest BCUT2D eigenvalue weighted by atomic mass is 16.5. The van der Waals surface area contributed by atoms with Crippen molar-refractivity contribution >= 4 is 0 Å². The summed E-state index contributed by atoms with van der Waals surface area (Å²) in [4.78, 5) is 0. The summed E-state index contributed by atoms with van der Waals surface area (Å²) in [7, 11) is 1.67. The summed E-state index contributed by atoms with van der Waals surface area (Å²) in [6, 6.07) is 7.70. The van der Waals surface area contributed by atoms with Crippen LogP contribution in [-0.2, 0) is 0 Å². The molecular weight excluding hydrogens is 226 g/mol. The maximum absolute atomic E-state index is 5.65. The molecule has 1 fully saturated rings. The molecule has 0 spiro atoms. The summed E-state index contributed by atoms with van der Waals surface area (Å²) < 4.78 is 10.7. The van der Waals surface area contributed by atoms with Crippen molar-refractivity contribution < 1.29 is 9.47 Å². The molecule has 0 bridgehead atoms. The van der Waals surface area contributed by atoms with E-state index in [0.717, 1.165) is 36.4 Å². The highest BCUT2D eigenvalue weighted by Gasteiger charge is 2.27. The maximum Gasteiger partial charge on any atom is 0.119 e. The molecule has 1 aliphatic rings. The molecule has 1 N–H and O–H groups in total. The molecule has 1 unspecified atom stereocenters. The molecule has 2 rings (SSSR count). The van der Waals surface area contributed by atoms with E-state index < -0.39 is 0 Å². The minimum Gasteiger partial charge on any atom is -0.497 e. The molecule has 18 heavy (non-hydrogen) atoms. The Balaban J connectivity index is 1.56. The molecule has 0 aliphatic heterocycles. The second kappa shape index (κ2) is 6.64. The van der Waals surface area contributed by atoms with Crippen molar-refractivity contribution in [3.63, 3.8) is 0 Å². The van der Waals surface area contributed by atoms with Crippen molar-refractivity contribution in [2.24, 2.45) is 11.8 Å². The lowest BCUT2D eigenvalue weighted by molar-refractivity contribution is 0.307. The summed E-state index contributed by atoms with van der Waals surface area (Å²) in [5.74, 6) is 3.54. The molecule has 3 heteroatoms. The van der Waals surface area contributed by atoms with E-state index in [9.17, 15) is 0 Å². The van der Waals surface area contributed by atoms with E-state index in [2.05, 4.69) is 12.2 Å². The third kappa shape index (κ3) is 4.22. The average molecular weight is 249 g/mol.